The molecule has 1 N–H and O–H groups in total. The Bertz CT molecular complexity index is 957. The Morgan fingerprint density at radius 3 is 2.28 bits per heavy atom. The van der Waals surface area contributed by atoms with Gasteiger partial charge in [-0.25, -0.2) is 8.42 Å². The van der Waals surface area contributed by atoms with Crippen LogP contribution < -0.4 is 19.5 Å². The highest BCUT2D eigenvalue weighted by molar-refractivity contribution is 7.89. The molecule has 11 heteroatoms. The van der Waals surface area contributed by atoms with Gasteiger partial charge in [0.1, 0.15) is 9.77 Å². The van der Waals surface area contributed by atoms with Gasteiger partial charge < -0.3 is 24.3 Å². The smallest absolute Gasteiger partial charge is 0.267 e. The van der Waals surface area contributed by atoms with E-state index in [2.05, 4.69) is 5.32 Å². The van der Waals surface area contributed by atoms with Gasteiger partial charge in [0.2, 0.25) is 15.8 Å². The Labute approximate surface area is 173 Å². The van der Waals surface area contributed by atoms with E-state index < -0.39 is 15.9 Å². The normalized spacial score (nSPS) is 15.0. The Kier molecular flexibility index (Phi) is 6.63. The second-order valence-corrected chi connectivity index (χ2v) is 8.82. The first kappa shape index (κ1) is 21.4. The number of anilines is 1. The van der Waals surface area contributed by atoms with Crippen molar-refractivity contribution in [2.24, 2.45) is 0 Å². The van der Waals surface area contributed by atoms with Gasteiger partial charge in [-0.05, 0) is 11.4 Å². The lowest BCUT2D eigenvalue weighted by Gasteiger charge is -2.26. The molecule has 1 amide bonds. The van der Waals surface area contributed by atoms with E-state index in [9.17, 15) is 13.2 Å². The van der Waals surface area contributed by atoms with Gasteiger partial charge in [-0.3, -0.25) is 4.79 Å². The summed E-state index contributed by atoms with van der Waals surface area (Å²) in [5.74, 6) is 0.588. The van der Waals surface area contributed by atoms with Crippen LogP contribution in [0, 0.1) is 0 Å². The van der Waals surface area contributed by atoms with Gasteiger partial charge >= 0.3 is 0 Å². The van der Waals surface area contributed by atoms with E-state index in [0.29, 0.717) is 36.1 Å². The minimum Gasteiger partial charge on any atom is -0.493 e. The number of thiophene rings is 1. The second kappa shape index (κ2) is 8.99. The van der Waals surface area contributed by atoms with Crippen LogP contribution in [0.25, 0.3) is 0 Å². The van der Waals surface area contributed by atoms with Crippen LogP contribution >= 0.6 is 11.3 Å². The number of morpholine rings is 1. The lowest BCUT2D eigenvalue weighted by Crippen LogP contribution is -2.41. The number of nitrogens with one attached hydrogen (secondary N) is 1. The van der Waals surface area contributed by atoms with Gasteiger partial charge in [0, 0.05) is 30.9 Å². The molecule has 0 saturated carbocycles. The zero-order valence-electron chi connectivity index (χ0n) is 16.3. The van der Waals surface area contributed by atoms with Crippen LogP contribution in [-0.4, -0.2) is 66.3 Å². The van der Waals surface area contributed by atoms with E-state index in [1.807, 2.05) is 0 Å². The quantitative estimate of drug-likeness (QED) is 0.700. The first-order valence-corrected chi connectivity index (χ1v) is 11.0. The molecule has 0 unspecified atom stereocenters. The van der Waals surface area contributed by atoms with Gasteiger partial charge in [-0.15, -0.1) is 11.3 Å². The minimum absolute atomic E-state index is 0.0191. The van der Waals surface area contributed by atoms with E-state index in [1.54, 1.807) is 17.5 Å². The average molecular weight is 443 g/mol. The van der Waals surface area contributed by atoms with Crippen molar-refractivity contribution < 1.29 is 32.2 Å². The second-order valence-electron chi connectivity index (χ2n) is 6.00. The van der Waals surface area contributed by atoms with Crippen molar-refractivity contribution in [2.75, 3.05) is 52.9 Å². The van der Waals surface area contributed by atoms with Gasteiger partial charge in [-0.2, -0.15) is 4.31 Å². The summed E-state index contributed by atoms with van der Waals surface area (Å²) in [5, 5.41) is 4.29. The number of ether oxygens (including phenoxy) is 4. The van der Waals surface area contributed by atoms with Crippen molar-refractivity contribution in [1.82, 2.24) is 4.31 Å². The van der Waals surface area contributed by atoms with Crippen LogP contribution in [0.5, 0.6) is 17.2 Å². The van der Waals surface area contributed by atoms with Gasteiger partial charge in [-0.1, -0.05) is 0 Å². The molecule has 2 heterocycles. The summed E-state index contributed by atoms with van der Waals surface area (Å²) >= 11 is 1.06. The molecule has 1 aromatic heterocycles. The Morgan fingerprint density at radius 2 is 1.72 bits per heavy atom. The van der Waals surface area contributed by atoms with Crippen molar-refractivity contribution in [3.05, 3.63) is 28.5 Å². The molecule has 1 aliphatic rings. The van der Waals surface area contributed by atoms with E-state index in [1.165, 1.54) is 31.7 Å². The van der Waals surface area contributed by atoms with E-state index in [0.717, 1.165) is 11.3 Å². The van der Waals surface area contributed by atoms with Gasteiger partial charge in [0.15, 0.2) is 11.5 Å². The SMILES string of the molecule is COc1cc(NC(=O)c2sccc2S(=O)(=O)N2CCOCC2)cc(OC)c1OC. The van der Waals surface area contributed by atoms with Crippen LogP contribution in [0.4, 0.5) is 5.69 Å². The summed E-state index contributed by atoms with van der Waals surface area (Å²) in [7, 11) is 0.625. The first-order valence-electron chi connectivity index (χ1n) is 8.69. The molecule has 0 spiro atoms. The number of hydrogen-bond donors (Lipinski definition) is 1. The molecule has 158 valence electrons. The Morgan fingerprint density at radius 1 is 1.10 bits per heavy atom. The summed E-state index contributed by atoms with van der Waals surface area (Å²) in [4.78, 5) is 12.9. The third-order valence-electron chi connectivity index (χ3n) is 4.35. The number of rotatable bonds is 7. The number of sulfonamides is 1. The van der Waals surface area contributed by atoms with Crippen LogP contribution in [-0.2, 0) is 14.8 Å². The maximum atomic E-state index is 13.0. The third kappa shape index (κ3) is 4.32. The fourth-order valence-electron chi connectivity index (χ4n) is 2.93. The molecular formula is C18H22N2O7S2. The number of carbonyl (C=O) groups is 1. The highest BCUT2D eigenvalue weighted by Crippen LogP contribution is 2.40. The van der Waals surface area contributed by atoms with E-state index in [4.69, 9.17) is 18.9 Å². The molecule has 2 aromatic rings. The average Bonchev–Trinajstić information content (AvgIpc) is 3.24. The van der Waals surface area contributed by atoms with Crippen molar-refractivity contribution in [3.8, 4) is 17.2 Å². The molecule has 1 aliphatic heterocycles. The highest BCUT2D eigenvalue weighted by atomic mass is 32.2. The summed E-state index contributed by atoms with van der Waals surface area (Å²) in [6.07, 6.45) is 0. The molecule has 29 heavy (non-hydrogen) atoms. The largest absolute Gasteiger partial charge is 0.493 e. The highest BCUT2D eigenvalue weighted by Gasteiger charge is 2.31. The molecule has 0 radical (unpaired) electrons. The van der Waals surface area contributed by atoms with Crippen LogP contribution in [0.2, 0.25) is 0 Å². The first-order chi connectivity index (χ1) is 13.9. The molecule has 0 aliphatic carbocycles. The summed E-state index contributed by atoms with van der Waals surface area (Å²) < 4.78 is 48.3. The van der Waals surface area contributed by atoms with E-state index >= 15 is 0 Å². The van der Waals surface area contributed by atoms with Gasteiger partial charge in [0.05, 0.1) is 34.5 Å². The Hall–Kier alpha value is -2.34. The van der Waals surface area contributed by atoms with E-state index in [-0.39, 0.29) is 22.9 Å². The molecule has 0 bridgehead atoms. The number of hydrogen-bond acceptors (Lipinski definition) is 8. The zero-order chi connectivity index (χ0) is 21.0. The molecule has 9 nitrogen and oxygen atoms in total. The van der Waals surface area contributed by atoms with Crippen LogP contribution in [0.1, 0.15) is 9.67 Å². The molecule has 1 saturated heterocycles. The maximum absolute atomic E-state index is 13.0. The summed E-state index contributed by atoms with van der Waals surface area (Å²) in [5.41, 5.74) is 0.382. The Balaban J connectivity index is 1.89. The third-order valence-corrected chi connectivity index (χ3v) is 7.33. The van der Waals surface area contributed by atoms with Crippen molar-refractivity contribution in [3.63, 3.8) is 0 Å². The van der Waals surface area contributed by atoms with Crippen molar-refractivity contribution in [1.29, 1.82) is 0 Å². The van der Waals surface area contributed by atoms with Crippen LogP contribution in [0.15, 0.2) is 28.5 Å². The molecule has 1 aromatic carbocycles. The standard InChI is InChI=1S/C18H22N2O7S2/c1-24-13-10-12(11-14(25-2)16(13)26-3)19-18(21)17-15(4-9-28-17)29(22,23)20-5-7-27-8-6-20/h4,9-11H,5-8H2,1-3H3,(H,19,21). The maximum Gasteiger partial charge on any atom is 0.267 e. The number of carbonyl (C=O) groups excluding carboxylic acids is 1. The zero-order valence-corrected chi connectivity index (χ0v) is 17.9. The molecule has 3 rings (SSSR count). The lowest BCUT2D eigenvalue weighted by molar-refractivity contribution is 0.0730. The number of methoxy groups -OCH3 is 3. The lowest BCUT2D eigenvalue weighted by atomic mass is 10.2. The topological polar surface area (TPSA) is 103 Å². The predicted molar refractivity (Wildman–Crippen MR) is 108 cm³/mol. The predicted octanol–water partition coefficient (Wildman–Crippen LogP) is 2.05. The van der Waals surface area contributed by atoms with Crippen molar-refractivity contribution in [2.45, 2.75) is 4.90 Å². The fourth-order valence-corrected chi connectivity index (χ4v) is 5.64. The molecular weight excluding hydrogens is 420 g/mol. The van der Waals surface area contributed by atoms with Crippen LogP contribution in [0.3, 0.4) is 0 Å². The molecule has 1 fully saturated rings. The number of benzene rings is 1. The monoisotopic (exact) mass is 442 g/mol. The van der Waals surface area contributed by atoms with Crippen molar-refractivity contribution >= 4 is 33.0 Å². The fraction of sp³-hybridized carbons (Fsp3) is 0.389. The minimum atomic E-state index is -3.79. The number of nitrogens with zero attached hydrogens (tertiary/aromatic N) is 1. The molecule has 0 atom stereocenters. The summed E-state index contributed by atoms with van der Waals surface area (Å²) in [6.45, 7) is 1.17. The van der Waals surface area contributed by atoms with Gasteiger partial charge in [0.25, 0.3) is 5.91 Å². The number of amides is 1. The summed E-state index contributed by atoms with van der Waals surface area (Å²) in [6, 6.07) is 4.59.